The van der Waals surface area contributed by atoms with E-state index in [0.717, 1.165) is 0 Å². The minimum Gasteiger partial charge on any atom is -0.507 e. The molecule has 0 radical (unpaired) electrons. The van der Waals surface area contributed by atoms with Gasteiger partial charge in [0.2, 0.25) is 0 Å². The molecule has 1 aromatic heterocycles. The van der Waals surface area contributed by atoms with Gasteiger partial charge in [-0.15, -0.1) is 0 Å². The monoisotopic (exact) mass is 176 g/mol. The summed E-state index contributed by atoms with van der Waals surface area (Å²) in [7, 11) is 0. The number of aromatic nitrogens is 1. The molecule has 1 heterocycles. The number of hydrogen-bond donors (Lipinski definition) is 2. The summed E-state index contributed by atoms with van der Waals surface area (Å²) in [5.74, 6) is 0.620. The number of nitrogens with zero attached hydrogens (tertiary/aromatic N) is 1. The van der Waals surface area contributed by atoms with Crippen LogP contribution in [0.1, 0.15) is 0 Å². The van der Waals surface area contributed by atoms with E-state index in [1.165, 1.54) is 18.7 Å². The molecule has 0 fully saturated rings. The number of rotatable bonds is 1. The van der Waals surface area contributed by atoms with Crippen LogP contribution in [0.4, 0.5) is 5.69 Å². The number of phenols is 1. The molecular weight excluding hydrogens is 168 g/mol. The van der Waals surface area contributed by atoms with Gasteiger partial charge >= 0.3 is 0 Å². The molecular formula is C9H8N2O2. The van der Waals surface area contributed by atoms with Crippen LogP contribution in [0.2, 0.25) is 0 Å². The molecule has 0 aliphatic heterocycles. The minimum absolute atomic E-state index is 0.0942. The lowest BCUT2D eigenvalue weighted by molar-refractivity contribution is 0.474. The molecule has 13 heavy (non-hydrogen) atoms. The Bertz CT molecular complexity index is 410. The van der Waals surface area contributed by atoms with Gasteiger partial charge in [0.1, 0.15) is 5.75 Å². The summed E-state index contributed by atoms with van der Waals surface area (Å²) >= 11 is 0. The van der Waals surface area contributed by atoms with Gasteiger partial charge in [-0.1, -0.05) is 0 Å². The zero-order valence-electron chi connectivity index (χ0n) is 6.77. The summed E-state index contributed by atoms with van der Waals surface area (Å²) in [6, 6.07) is 4.85. The van der Waals surface area contributed by atoms with Gasteiger partial charge < -0.3 is 15.3 Å². The summed E-state index contributed by atoms with van der Waals surface area (Å²) in [5.41, 5.74) is 6.58. The number of aromatic hydroxyl groups is 1. The topological polar surface area (TPSA) is 72.3 Å². The molecule has 1 aromatic carbocycles. The van der Waals surface area contributed by atoms with Gasteiger partial charge in [-0.25, -0.2) is 4.98 Å². The van der Waals surface area contributed by atoms with E-state index in [9.17, 15) is 5.11 Å². The molecule has 66 valence electrons. The zero-order valence-corrected chi connectivity index (χ0v) is 6.77. The fourth-order valence-corrected chi connectivity index (χ4v) is 1.11. The average Bonchev–Trinajstić information content (AvgIpc) is 2.56. The lowest BCUT2D eigenvalue weighted by Crippen LogP contribution is -1.84. The second-order valence-corrected chi connectivity index (χ2v) is 2.64. The third-order valence-corrected chi connectivity index (χ3v) is 1.72. The molecule has 0 bridgehead atoms. The molecule has 3 N–H and O–H groups in total. The van der Waals surface area contributed by atoms with E-state index in [-0.39, 0.29) is 5.75 Å². The first-order chi connectivity index (χ1) is 6.27. The van der Waals surface area contributed by atoms with Crippen LogP contribution >= 0.6 is 0 Å². The van der Waals surface area contributed by atoms with Gasteiger partial charge in [-0.05, 0) is 12.1 Å². The van der Waals surface area contributed by atoms with Crippen molar-refractivity contribution >= 4 is 5.69 Å². The Hall–Kier alpha value is -1.97. The zero-order chi connectivity index (χ0) is 9.26. The van der Waals surface area contributed by atoms with Gasteiger partial charge in [0.25, 0.3) is 0 Å². The molecule has 0 saturated carbocycles. The molecule has 2 aromatic rings. The van der Waals surface area contributed by atoms with E-state index in [1.807, 2.05) is 0 Å². The maximum absolute atomic E-state index is 9.50. The van der Waals surface area contributed by atoms with E-state index in [2.05, 4.69) is 4.98 Å². The molecule has 0 spiro atoms. The SMILES string of the molecule is Nc1ccc(-c2cnco2)c(O)c1. The third-order valence-electron chi connectivity index (χ3n) is 1.72. The normalized spacial score (nSPS) is 10.2. The number of anilines is 1. The smallest absolute Gasteiger partial charge is 0.181 e. The quantitative estimate of drug-likeness (QED) is 0.647. The first-order valence-corrected chi connectivity index (χ1v) is 3.75. The van der Waals surface area contributed by atoms with Crippen molar-refractivity contribution in [3.8, 4) is 17.1 Å². The van der Waals surface area contributed by atoms with E-state index in [0.29, 0.717) is 17.0 Å². The number of nitrogens with two attached hydrogens (primary N) is 1. The van der Waals surface area contributed by atoms with E-state index in [4.69, 9.17) is 10.2 Å². The maximum Gasteiger partial charge on any atom is 0.181 e. The maximum atomic E-state index is 9.50. The van der Waals surface area contributed by atoms with E-state index < -0.39 is 0 Å². The fraction of sp³-hybridized carbons (Fsp3) is 0. The highest BCUT2D eigenvalue weighted by Crippen LogP contribution is 2.29. The van der Waals surface area contributed by atoms with Gasteiger partial charge in [-0.2, -0.15) is 0 Å². The van der Waals surface area contributed by atoms with Crippen LogP contribution in [0.5, 0.6) is 5.75 Å². The number of hydrogen-bond acceptors (Lipinski definition) is 4. The van der Waals surface area contributed by atoms with Crippen LogP contribution in [-0.2, 0) is 0 Å². The second kappa shape index (κ2) is 2.82. The van der Waals surface area contributed by atoms with Gasteiger partial charge in [-0.3, -0.25) is 0 Å². The van der Waals surface area contributed by atoms with Crippen molar-refractivity contribution in [2.24, 2.45) is 0 Å². The summed E-state index contributed by atoms with van der Waals surface area (Å²) in [6.45, 7) is 0. The number of benzene rings is 1. The third kappa shape index (κ3) is 1.33. The van der Waals surface area contributed by atoms with Gasteiger partial charge in [0.05, 0.1) is 11.8 Å². The van der Waals surface area contributed by atoms with Crippen molar-refractivity contribution in [3.63, 3.8) is 0 Å². The van der Waals surface area contributed by atoms with Crippen molar-refractivity contribution in [1.82, 2.24) is 4.98 Å². The first kappa shape index (κ1) is 7.67. The molecule has 0 aliphatic rings. The number of nitrogen functional groups attached to an aromatic ring is 1. The van der Waals surface area contributed by atoms with Gasteiger partial charge in [0, 0.05) is 11.8 Å². The lowest BCUT2D eigenvalue weighted by atomic mass is 10.1. The molecule has 0 atom stereocenters. The molecule has 0 amide bonds. The number of oxazole rings is 1. The first-order valence-electron chi connectivity index (χ1n) is 3.75. The highest BCUT2D eigenvalue weighted by Gasteiger charge is 2.06. The lowest BCUT2D eigenvalue weighted by Gasteiger charge is -2.00. The highest BCUT2D eigenvalue weighted by molar-refractivity contribution is 5.67. The molecule has 4 heteroatoms. The molecule has 0 saturated heterocycles. The van der Waals surface area contributed by atoms with Crippen molar-refractivity contribution < 1.29 is 9.52 Å². The predicted molar refractivity (Wildman–Crippen MR) is 48.0 cm³/mol. The van der Waals surface area contributed by atoms with Crippen LogP contribution in [-0.4, -0.2) is 10.1 Å². The Morgan fingerprint density at radius 3 is 2.85 bits per heavy atom. The molecule has 2 rings (SSSR count). The number of phenolic OH excluding ortho intramolecular Hbond substituents is 1. The fourth-order valence-electron chi connectivity index (χ4n) is 1.11. The summed E-state index contributed by atoms with van der Waals surface area (Å²) in [4.78, 5) is 3.75. The predicted octanol–water partition coefficient (Wildman–Crippen LogP) is 1.63. The standard InChI is InChI=1S/C9H8N2O2/c10-6-1-2-7(8(12)3-6)9-4-11-5-13-9/h1-5,12H,10H2. The van der Waals surface area contributed by atoms with Crippen molar-refractivity contribution in [2.45, 2.75) is 0 Å². The summed E-state index contributed by atoms with van der Waals surface area (Å²) < 4.78 is 5.03. The Morgan fingerprint density at radius 1 is 1.38 bits per heavy atom. The van der Waals surface area contributed by atoms with Gasteiger partial charge in [0.15, 0.2) is 12.2 Å². The molecule has 4 nitrogen and oxygen atoms in total. The van der Waals surface area contributed by atoms with Crippen molar-refractivity contribution in [1.29, 1.82) is 0 Å². The molecule has 0 aliphatic carbocycles. The highest BCUT2D eigenvalue weighted by atomic mass is 16.3. The summed E-state index contributed by atoms with van der Waals surface area (Å²) in [5, 5.41) is 9.50. The Morgan fingerprint density at radius 2 is 2.23 bits per heavy atom. The Kier molecular flexibility index (Phi) is 1.66. The van der Waals surface area contributed by atoms with E-state index >= 15 is 0 Å². The Balaban J connectivity index is 2.53. The van der Waals surface area contributed by atoms with Crippen LogP contribution in [0.3, 0.4) is 0 Å². The van der Waals surface area contributed by atoms with Crippen LogP contribution in [0, 0.1) is 0 Å². The largest absolute Gasteiger partial charge is 0.507 e. The van der Waals surface area contributed by atoms with Crippen molar-refractivity contribution in [2.75, 3.05) is 5.73 Å². The second-order valence-electron chi connectivity index (χ2n) is 2.64. The average molecular weight is 176 g/mol. The molecule has 0 unspecified atom stereocenters. The van der Waals surface area contributed by atoms with Crippen LogP contribution in [0.15, 0.2) is 35.2 Å². The van der Waals surface area contributed by atoms with Crippen molar-refractivity contribution in [3.05, 3.63) is 30.8 Å². The van der Waals surface area contributed by atoms with E-state index in [1.54, 1.807) is 12.1 Å². The van der Waals surface area contributed by atoms with Crippen LogP contribution in [0.25, 0.3) is 11.3 Å². The summed E-state index contributed by atoms with van der Waals surface area (Å²) in [6.07, 6.45) is 2.84. The Labute approximate surface area is 74.6 Å². The minimum atomic E-state index is 0.0942. The van der Waals surface area contributed by atoms with Crippen LogP contribution < -0.4 is 5.73 Å².